The molecule has 1 aliphatic carbocycles. The van der Waals surface area contributed by atoms with Gasteiger partial charge in [-0.2, -0.15) is 0 Å². The van der Waals surface area contributed by atoms with E-state index in [1.54, 1.807) is 0 Å². The first-order valence-electron chi connectivity index (χ1n) is 20.3. The molecule has 6 aliphatic rings. The van der Waals surface area contributed by atoms with Crippen molar-refractivity contribution in [3.63, 3.8) is 0 Å². The van der Waals surface area contributed by atoms with Crippen LogP contribution in [0.3, 0.4) is 0 Å². The van der Waals surface area contributed by atoms with Crippen molar-refractivity contribution in [2.75, 3.05) is 33.4 Å². The Morgan fingerprint density at radius 2 is 1.48 bits per heavy atom. The van der Waals surface area contributed by atoms with Crippen molar-refractivity contribution in [3.05, 3.63) is 108 Å². The molecular weight excluding hydrogens is 785 g/mol. The number of esters is 1. The number of alkyl carbamates (subject to hydrolysis) is 1. The van der Waals surface area contributed by atoms with E-state index in [2.05, 4.69) is 16.0 Å². The third kappa shape index (κ3) is 5.71. The van der Waals surface area contributed by atoms with Crippen LogP contribution < -0.4 is 16.0 Å². The Balaban J connectivity index is 0.912. The fourth-order valence-corrected chi connectivity index (χ4v) is 10.8. The second-order valence-electron chi connectivity index (χ2n) is 17.0. The molecule has 5 amide bonds. The van der Waals surface area contributed by atoms with E-state index in [-0.39, 0.29) is 51.4 Å². The first-order chi connectivity index (χ1) is 29.4. The summed E-state index contributed by atoms with van der Waals surface area (Å²) in [6.45, 7) is -0.977. The van der Waals surface area contributed by atoms with E-state index in [0.29, 0.717) is 0 Å². The molecule has 4 aromatic rings. The van der Waals surface area contributed by atoms with Crippen molar-refractivity contribution in [2.24, 2.45) is 0 Å². The van der Waals surface area contributed by atoms with Gasteiger partial charge in [0.2, 0.25) is 11.8 Å². The highest BCUT2D eigenvalue weighted by Crippen LogP contribution is 2.46. The molecule has 6 atom stereocenters. The van der Waals surface area contributed by atoms with Crippen LogP contribution in [0.25, 0.3) is 21.9 Å². The monoisotopic (exact) mass is 826 g/mol. The number of amides is 5. The lowest BCUT2D eigenvalue weighted by molar-refractivity contribution is -0.168. The standard InChI is InChI=1S/C45H42N6O10/c1-60-41(58)44(48-42(59)61-21-32-30-15-6-4-13-28(30)29-14-5-7-16-31(29)32)18-34-36(52)47-43(39(56)49(34)24-44)19-35-37(53)51(20-26-11-8-10-25-9-2-3-12-27(25)26)45(40(57)50(35)23-43)17-33(38(54)55)46-22-45/h2-16,32-35,46H,17-24H2,1H3,(H,47,52)(H,48,59)(H,54,55)/t33?,34?,35-,43-,44-,45-/m0/s1. The molecule has 0 saturated carbocycles. The van der Waals surface area contributed by atoms with Crippen LogP contribution in [0.1, 0.15) is 41.9 Å². The lowest BCUT2D eigenvalue weighted by Crippen LogP contribution is -2.71. The number of rotatable bonds is 7. The van der Waals surface area contributed by atoms with Gasteiger partial charge in [-0.05, 0) is 38.6 Å². The average molecular weight is 827 g/mol. The van der Waals surface area contributed by atoms with Crippen LogP contribution >= 0.6 is 0 Å². The van der Waals surface area contributed by atoms with Crippen LogP contribution in [0.5, 0.6) is 0 Å². The van der Waals surface area contributed by atoms with Gasteiger partial charge in [0.05, 0.1) is 20.2 Å². The fraction of sp³-hybridized carbons (Fsp3) is 0.356. The molecule has 16 nitrogen and oxygen atoms in total. The first-order valence-corrected chi connectivity index (χ1v) is 20.3. The molecule has 4 aromatic carbocycles. The largest absolute Gasteiger partial charge is 0.480 e. The van der Waals surface area contributed by atoms with Gasteiger partial charge >= 0.3 is 18.0 Å². The summed E-state index contributed by atoms with van der Waals surface area (Å²) >= 11 is 0. The zero-order valence-electron chi connectivity index (χ0n) is 33.1. The predicted molar refractivity (Wildman–Crippen MR) is 215 cm³/mol. The number of ether oxygens (including phenoxy) is 2. The Morgan fingerprint density at radius 1 is 0.803 bits per heavy atom. The highest BCUT2D eigenvalue weighted by molar-refractivity contribution is 6.07. The summed E-state index contributed by atoms with van der Waals surface area (Å²) in [6, 6.07) is 25.5. The number of hydrogen-bond donors (Lipinski definition) is 4. The Bertz CT molecular complexity index is 2550. The number of fused-ring (bicyclic) bond motifs is 6. The summed E-state index contributed by atoms with van der Waals surface area (Å²) in [4.78, 5) is 102. The van der Waals surface area contributed by atoms with Crippen LogP contribution in [0, 0.1) is 0 Å². The van der Waals surface area contributed by atoms with Gasteiger partial charge in [0.25, 0.3) is 11.8 Å². The molecule has 4 N–H and O–H groups in total. The van der Waals surface area contributed by atoms with Gasteiger partial charge in [-0.1, -0.05) is 91.0 Å². The number of methoxy groups -OCH3 is 1. The van der Waals surface area contributed by atoms with Gasteiger partial charge < -0.3 is 45.2 Å². The maximum atomic E-state index is 14.8. The number of nitrogens with one attached hydrogen (secondary N) is 3. The predicted octanol–water partition coefficient (Wildman–Crippen LogP) is 1.89. The molecule has 0 bridgehead atoms. The van der Waals surface area contributed by atoms with Gasteiger partial charge in [-0.25, -0.2) is 9.59 Å². The summed E-state index contributed by atoms with van der Waals surface area (Å²) in [6.07, 6.45) is -1.71. The lowest BCUT2D eigenvalue weighted by Gasteiger charge is -2.48. The zero-order chi connectivity index (χ0) is 42.4. The highest BCUT2D eigenvalue weighted by Gasteiger charge is 2.69. The van der Waals surface area contributed by atoms with Crippen molar-refractivity contribution >= 4 is 52.4 Å². The number of benzene rings is 4. The Hall–Kier alpha value is -6.81. The lowest BCUT2D eigenvalue weighted by atomic mass is 9.86. The van der Waals surface area contributed by atoms with E-state index in [0.717, 1.165) is 45.7 Å². The summed E-state index contributed by atoms with van der Waals surface area (Å²) in [7, 11) is 1.14. The minimum absolute atomic E-state index is 0.00498. The molecule has 0 aromatic heterocycles. The molecule has 5 saturated heterocycles. The van der Waals surface area contributed by atoms with E-state index in [9.17, 15) is 38.7 Å². The number of nitrogens with zero attached hydrogens (tertiary/aromatic N) is 3. The van der Waals surface area contributed by atoms with E-state index in [1.165, 1.54) is 14.7 Å². The van der Waals surface area contributed by atoms with Crippen LogP contribution in [-0.4, -0.2) is 130 Å². The third-order valence-corrected chi connectivity index (χ3v) is 13.7. The van der Waals surface area contributed by atoms with Gasteiger partial charge in [-0.3, -0.25) is 24.0 Å². The van der Waals surface area contributed by atoms with E-state index in [4.69, 9.17) is 9.47 Å². The van der Waals surface area contributed by atoms with Gasteiger partial charge in [-0.15, -0.1) is 0 Å². The molecule has 16 heteroatoms. The SMILES string of the molecule is COC(=O)[C@]1(NC(=O)OCC2c3ccccc3-c3ccccc32)CC2C(=O)N[C@]3(C[C@H]4C(=O)N(Cc5cccc6ccccc56)[C@@]5(CNC(C(=O)O)C5)C(=O)N4C3)C(=O)N2C1. The van der Waals surface area contributed by atoms with Crippen LogP contribution in [-0.2, 0) is 44.8 Å². The molecule has 0 radical (unpaired) electrons. The maximum absolute atomic E-state index is 14.8. The van der Waals surface area contributed by atoms with Gasteiger partial charge in [0.15, 0.2) is 5.54 Å². The van der Waals surface area contributed by atoms with E-state index in [1.807, 2.05) is 91.0 Å². The molecule has 5 aliphatic heterocycles. The molecular formula is C45H42N6O10. The molecule has 10 rings (SSSR count). The van der Waals surface area contributed by atoms with Crippen LogP contribution in [0.4, 0.5) is 4.79 Å². The number of carboxylic acids is 1. The minimum Gasteiger partial charge on any atom is -0.480 e. The van der Waals surface area contributed by atoms with Crippen molar-refractivity contribution in [3.8, 4) is 11.1 Å². The fourth-order valence-electron chi connectivity index (χ4n) is 10.8. The maximum Gasteiger partial charge on any atom is 0.408 e. The first kappa shape index (κ1) is 38.4. The molecule has 2 unspecified atom stereocenters. The minimum atomic E-state index is -1.86. The summed E-state index contributed by atoms with van der Waals surface area (Å²) in [5.74, 6) is -4.59. The third-order valence-electron chi connectivity index (χ3n) is 13.7. The molecule has 312 valence electrons. The number of piperazine rings is 2. The van der Waals surface area contributed by atoms with Crippen LogP contribution in [0.15, 0.2) is 91.0 Å². The van der Waals surface area contributed by atoms with Crippen LogP contribution in [0.2, 0.25) is 0 Å². The van der Waals surface area contributed by atoms with Crippen molar-refractivity contribution < 1.29 is 48.1 Å². The molecule has 2 spiro atoms. The summed E-state index contributed by atoms with van der Waals surface area (Å²) in [5, 5.41) is 20.2. The normalized spacial score (nSPS) is 28.8. The number of carbonyl (C=O) groups is 7. The summed E-state index contributed by atoms with van der Waals surface area (Å²) in [5.41, 5.74) is -0.410. The number of carbonyl (C=O) groups excluding carboxylic acids is 6. The number of hydrogen-bond acceptors (Lipinski definition) is 10. The number of aliphatic carboxylic acids is 1. The molecule has 61 heavy (non-hydrogen) atoms. The van der Waals surface area contributed by atoms with Gasteiger partial charge in [0.1, 0.15) is 35.8 Å². The van der Waals surface area contributed by atoms with Crippen molar-refractivity contribution in [1.29, 1.82) is 0 Å². The van der Waals surface area contributed by atoms with Crippen molar-refractivity contribution in [1.82, 2.24) is 30.7 Å². The topological polar surface area (TPSA) is 204 Å². The quantitative estimate of drug-likeness (QED) is 0.198. The van der Waals surface area contributed by atoms with Crippen molar-refractivity contribution in [2.45, 2.75) is 66.5 Å². The number of carboxylic acid groups (broad SMARTS) is 1. The second-order valence-corrected chi connectivity index (χ2v) is 17.0. The molecule has 5 heterocycles. The van der Waals surface area contributed by atoms with E-state index >= 15 is 0 Å². The molecule has 5 fully saturated rings. The Labute approximate surface area is 349 Å². The zero-order valence-corrected chi connectivity index (χ0v) is 33.1. The Kier molecular flexibility index (Phi) is 8.73. The van der Waals surface area contributed by atoms with Gasteiger partial charge in [0, 0.05) is 38.3 Å². The average Bonchev–Trinajstić information content (AvgIpc) is 4.06. The highest BCUT2D eigenvalue weighted by atomic mass is 16.6. The van der Waals surface area contributed by atoms with E-state index < -0.39 is 82.9 Å². The summed E-state index contributed by atoms with van der Waals surface area (Å²) < 4.78 is 10.9. The second kappa shape index (κ2) is 13.9. The Morgan fingerprint density at radius 3 is 2.18 bits per heavy atom. The smallest absolute Gasteiger partial charge is 0.408 e.